The van der Waals surface area contributed by atoms with Crippen LogP contribution < -0.4 is 5.73 Å². The highest BCUT2D eigenvalue weighted by atomic mass is 19.1. The zero-order valence-electron chi connectivity index (χ0n) is 10.8. The fraction of sp³-hybridized carbons (Fsp3) is 0.0667. The van der Waals surface area contributed by atoms with Crippen LogP contribution >= 0.6 is 0 Å². The summed E-state index contributed by atoms with van der Waals surface area (Å²) in [7, 11) is 0. The van der Waals surface area contributed by atoms with E-state index < -0.39 is 5.82 Å². The molecule has 2 heterocycles. The van der Waals surface area contributed by atoms with E-state index in [0.29, 0.717) is 17.1 Å². The number of nitriles is 1. The van der Waals surface area contributed by atoms with Gasteiger partial charge in [0, 0.05) is 11.8 Å². The number of aromatic nitrogens is 2. The molecule has 98 valence electrons. The fourth-order valence-corrected chi connectivity index (χ4v) is 2.14. The van der Waals surface area contributed by atoms with Gasteiger partial charge in [-0.25, -0.2) is 9.37 Å². The molecule has 0 fully saturated rings. The average Bonchev–Trinajstić information content (AvgIpc) is 2.76. The van der Waals surface area contributed by atoms with Crippen LogP contribution in [0.15, 0.2) is 36.5 Å². The Labute approximate surface area is 114 Å². The highest BCUT2D eigenvalue weighted by molar-refractivity contribution is 5.75. The third-order valence-corrected chi connectivity index (χ3v) is 3.18. The van der Waals surface area contributed by atoms with Gasteiger partial charge in [0.1, 0.15) is 29.0 Å². The second-order valence-corrected chi connectivity index (χ2v) is 4.58. The predicted octanol–water partition coefficient (Wildman–Crippen LogP) is 2.90. The standard InChI is InChI=1S/C15H11FN4/c1-9-4-5-20-13(6-9)19-14(15(20)18)10-2-3-12(16)11(7-10)8-17/h2-7H,18H2,1H3. The number of fused-ring (bicyclic) bond motifs is 1. The van der Waals surface area contributed by atoms with E-state index >= 15 is 0 Å². The number of imidazole rings is 1. The Balaban J connectivity index is 2.25. The van der Waals surface area contributed by atoms with Crippen LogP contribution in [0.2, 0.25) is 0 Å². The maximum atomic E-state index is 13.4. The number of nitrogens with two attached hydrogens (primary N) is 1. The van der Waals surface area contributed by atoms with Crippen molar-refractivity contribution in [3.63, 3.8) is 0 Å². The first-order chi connectivity index (χ1) is 9.60. The van der Waals surface area contributed by atoms with E-state index in [0.717, 1.165) is 11.2 Å². The molecule has 2 N–H and O–H groups in total. The Morgan fingerprint density at radius 2 is 2.10 bits per heavy atom. The van der Waals surface area contributed by atoms with Crippen LogP contribution in [0.25, 0.3) is 16.9 Å². The van der Waals surface area contributed by atoms with Gasteiger partial charge in [-0.1, -0.05) is 0 Å². The molecule has 3 aromatic rings. The number of aryl methyl sites for hydroxylation is 1. The van der Waals surface area contributed by atoms with E-state index in [9.17, 15) is 4.39 Å². The van der Waals surface area contributed by atoms with Crippen molar-refractivity contribution >= 4 is 11.5 Å². The Hall–Kier alpha value is -2.87. The molecule has 5 heteroatoms. The molecule has 0 saturated heterocycles. The molecule has 4 nitrogen and oxygen atoms in total. The quantitative estimate of drug-likeness (QED) is 0.736. The first kappa shape index (κ1) is 12.2. The Morgan fingerprint density at radius 3 is 2.85 bits per heavy atom. The normalized spacial score (nSPS) is 10.7. The second kappa shape index (κ2) is 4.35. The minimum Gasteiger partial charge on any atom is -0.383 e. The first-order valence-corrected chi connectivity index (χ1v) is 6.04. The molecule has 3 rings (SSSR count). The van der Waals surface area contributed by atoms with Crippen molar-refractivity contribution in [1.29, 1.82) is 5.26 Å². The van der Waals surface area contributed by atoms with Gasteiger partial charge in [0.2, 0.25) is 0 Å². The van der Waals surface area contributed by atoms with E-state index in [1.54, 1.807) is 10.5 Å². The Kier molecular flexibility index (Phi) is 2.65. The van der Waals surface area contributed by atoms with Gasteiger partial charge in [-0.15, -0.1) is 0 Å². The molecule has 0 aliphatic heterocycles. The van der Waals surface area contributed by atoms with Gasteiger partial charge in [-0.05, 0) is 42.8 Å². The third kappa shape index (κ3) is 1.79. The van der Waals surface area contributed by atoms with Crippen LogP contribution in [0.1, 0.15) is 11.1 Å². The van der Waals surface area contributed by atoms with Crippen molar-refractivity contribution in [2.45, 2.75) is 6.92 Å². The van der Waals surface area contributed by atoms with Crippen molar-refractivity contribution < 1.29 is 4.39 Å². The fourth-order valence-electron chi connectivity index (χ4n) is 2.14. The van der Waals surface area contributed by atoms with Crippen molar-refractivity contribution in [3.8, 4) is 17.3 Å². The molecule has 0 aliphatic carbocycles. The number of anilines is 1. The molecule has 0 bridgehead atoms. The van der Waals surface area contributed by atoms with E-state index in [1.165, 1.54) is 12.1 Å². The van der Waals surface area contributed by atoms with Crippen molar-refractivity contribution in [3.05, 3.63) is 53.5 Å². The Bertz CT molecular complexity index is 858. The highest BCUT2D eigenvalue weighted by Gasteiger charge is 2.13. The lowest BCUT2D eigenvalue weighted by Gasteiger charge is -2.01. The second-order valence-electron chi connectivity index (χ2n) is 4.58. The number of nitrogen functional groups attached to an aromatic ring is 1. The molecule has 0 amide bonds. The van der Waals surface area contributed by atoms with Crippen molar-refractivity contribution in [1.82, 2.24) is 9.38 Å². The number of nitrogens with zero attached hydrogens (tertiary/aromatic N) is 3. The van der Waals surface area contributed by atoms with Gasteiger partial charge in [-0.2, -0.15) is 5.26 Å². The molecule has 0 aliphatic rings. The smallest absolute Gasteiger partial charge is 0.140 e. The van der Waals surface area contributed by atoms with Crippen LogP contribution in [0.4, 0.5) is 10.2 Å². The molecule has 20 heavy (non-hydrogen) atoms. The lowest BCUT2D eigenvalue weighted by molar-refractivity contribution is 0.624. The minimum absolute atomic E-state index is 0.0184. The zero-order chi connectivity index (χ0) is 14.3. The summed E-state index contributed by atoms with van der Waals surface area (Å²) in [5, 5.41) is 8.89. The molecule has 0 radical (unpaired) electrons. The van der Waals surface area contributed by atoms with Gasteiger partial charge in [0.25, 0.3) is 0 Å². The van der Waals surface area contributed by atoms with Crippen LogP contribution in [0.3, 0.4) is 0 Å². The molecule has 0 unspecified atom stereocenters. The topological polar surface area (TPSA) is 67.1 Å². The largest absolute Gasteiger partial charge is 0.383 e. The predicted molar refractivity (Wildman–Crippen MR) is 74.5 cm³/mol. The summed E-state index contributed by atoms with van der Waals surface area (Å²) in [6.45, 7) is 1.97. The van der Waals surface area contributed by atoms with Crippen LogP contribution in [-0.4, -0.2) is 9.38 Å². The van der Waals surface area contributed by atoms with E-state index in [-0.39, 0.29) is 5.56 Å². The number of hydrogen-bond donors (Lipinski definition) is 1. The SMILES string of the molecule is Cc1ccn2c(N)c(-c3ccc(F)c(C#N)c3)nc2c1. The summed E-state index contributed by atoms with van der Waals surface area (Å²) in [6, 6.07) is 9.94. The Morgan fingerprint density at radius 1 is 1.30 bits per heavy atom. The van der Waals surface area contributed by atoms with Gasteiger partial charge in [-0.3, -0.25) is 4.40 Å². The van der Waals surface area contributed by atoms with Gasteiger partial charge >= 0.3 is 0 Å². The van der Waals surface area contributed by atoms with Crippen molar-refractivity contribution in [2.24, 2.45) is 0 Å². The molecular formula is C15H11FN4. The van der Waals surface area contributed by atoms with Crippen LogP contribution in [0, 0.1) is 24.1 Å². The molecule has 2 aromatic heterocycles. The summed E-state index contributed by atoms with van der Waals surface area (Å²) >= 11 is 0. The summed E-state index contributed by atoms with van der Waals surface area (Å²) < 4.78 is 15.1. The number of halogens is 1. The summed E-state index contributed by atoms with van der Waals surface area (Å²) in [6.07, 6.45) is 1.84. The van der Waals surface area contributed by atoms with E-state index in [1.807, 2.05) is 31.3 Å². The molecule has 1 aromatic carbocycles. The van der Waals surface area contributed by atoms with Gasteiger partial charge in [0.05, 0.1) is 5.56 Å². The molecule has 0 atom stereocenters. The maximum absolute atomic E-state index is 13.4. The number of benzene rings is 1. The van der Waals surface area contributed by atoms with Crippen LogP contribution in [0.5, 0.6) is 0 Å². The third-order valence-electron chi connectivity index (χ3n) is 3.18. The maximum Gasteiger partial charge on any atom is 0.140 e. The summed E-state index contributed by atoms with van der Waals surface area (Å²) in [4.78, 5) is 4.45. The number of pyridine rings is 1. The monoisotopic (exact) mass is 266 g/mol. The van der Waals surface area contributed by atoms with Gasteiger partial charge < -0.3 is 5.73 Å². The highest BCUT2D eigenvalue weighted by Crippen LogP contribution is 2.28. The van der Waals surface area contributed by atoms with Crippen LogP contribution in [-0.2, 0) is 0 Å². The lowest BCUT2D eigenvalue weighted by atomic mass is 10.1. The summed E-state index contributed by atoms with van der Waals surface area (Å²) in [5.41, 5.74) is 9.03. The number of hydrogen-bond acceptors (Lipinski definition) is 3. The summed E-state index contributed by atoms with van der Waals surface area (Å²) in [5.74, 6) is -0.0788. The molecule has 0 spiro atoms. The van der Waals surface area contributed by atoms with Gasteiger partial charge in [0.15, 0.2) is 0 Å². The van der Waals surface area contributed by atoms with E-state index in [2.05, 4.69) is 4.98 Å². The zero-order valence-corrected chi connectivity index (χ0v) is 10.8. The molecular weight excluding hydrogens is 255 g/mol. The number of rotatable bonds is 1. The molecule has 0 saturated carbocycles. The van der Waals surface area contributed by atoms with E-state index in [4.69, 9.17) is 11.0 Å². The average molecular weight is 266 g/mol. The first-order valence-electron chi connectivity index (χ1n) is 6.04. The lowest BCUT2D eigenvalue weighted by Crippen LogP contribution is -1.94. The minimum atomic E-state index is -0.547. The van der Waals surface area contributed by atoms with Crippen molar-refractivity contribution in [2.75, 3.05) is 5.73 Å².